The van der Waals surface area contributed by atoms with Gasteiger partial charge in [0.1, 0.15) is 5.69 Å². The normalized spacial score (nSPS) is 21.8. The molecule has 1 aliphatic rings. The van der Waals surface area contributed by atoms with Crippen LogP contribution >= 0.6 is 0 Å². The highest BCUT2D eigenvalue weighted by Gasteiger charge is 2.21. The molecule has 2 heterocycles. The summed E-state index contributed by atoms with van der Waals surface area (Å²) in [4.78, 5) is 21.6. The van der Waals surface area contributed by atoms with Crippen LogP contribution < -0.4 is 5.73 Å². The molecular formula is C10H14N4O. The lowest BCUT2D eigenvalue weighted by Gasteiger charge is -2.12. The highest BCUT2D eigenvalue weighted by Crippen LogP contribution is 2.07. The first-order valence-electron chi connectivity index (χ1n) is 5.03. The maximum Gasteiger partial charge on any atom is 0.196 e. The van der Waals surface area contributed by atoms with Crippen molar-refractivity contribution in [1.82, 2.24) is 14.9 Å². The van der Waals surface area contributed by atoms with Crippen LogP contribution in [-0.4, -0.2) is 46.3 Å². The van der Waals surface area contributed by atoms with Crippen LogP contribution in [0.3, 0.4) is 0 Å². The molecule has 0 spiro atoms. The van der Waals surface area contributed by atoms with E-state index in [0.717, 1.165) is 19.5 Å². The van der Waals surface area contributed by atoms with E-state index in [9.17, 15) is 4.79 Å². The minimum absolute atomic E-state index is 0.0113. The summed E-state index contributed by atoms with van der Waals surface area (Å²) in [6.07, 6.45) is 5.55. The number of nitrogens with two attached hydrogens (primary N) is 1. The lowest BCUT2D eigenvalue weighted by Crippen LogP contribution is -2.31. The van der Waals surface area contributed by atoms with Gasteiger partial charge in [-0.1, -0.05) is 0 Å². The zero-order valence-electron chi connectivity index (χ0n) is 8.47. The van der Waals surface area contributed by atoms with Crippen molar-refractivity contribution >= 4 is 5.78 Å². The fourth-order valence-electron chi connectivity index (χ4n) is 1.73. The van der Waals surface area contributed by atoms with Gasteiger partial charge in [0, 0.05) is 31.5 Å². The van der Waals surface area contributed by atoms with Crippen LogP contribution in [0.4, 0.5) is 0 Å². The molecule has 15 heavy (non-hydrogen) atoms. The third kappa shape index (κ3) is 2.57. The predicted molar refractivity (Wildman–Crippen MR) is 55.4 cm³/mol. The second-order valence-corrected chi connectivity index (χ2v) is 3.80. The third-order valence-electron chi connectivity index (χ3n) is 2.52. The molecule has 1 aromatic heterocycles. The molecule has 5 nitrogen and oxygen atoms in total. The average molecular weight is 206 g/mol. The molecule has 2 N–H and O–H groups in total. The van der Waals surface area contributed by atoms with Crippen LogP contribution in [0.1, 0.15) is 16.9 Å². The first-order valence-corrected chi connectivity index (χ1v) is 5.03. The number of carbonyl (C=O) groups is 1. The van der Waals surface area contributed by atoms with Gasteiger partial charge in [-0.3, -0.25) is 14.7 Å². The molecule has 0 bridgehead atoms. The van der Waals surface area contributed by atoms with Crippen molar-refractivity contribution in [2.75, 3.05) is 19.6 Å². The number of hydrogen-bond acceptors (Lipinski definition) is 5. The number of nitrogens with zero attached hydrogens (tertiary/aromatic N) is 3. The Morgan fingerprint density at radius 3 is 3.07 bits per heavy atom. The van der Waals surface area contributed by atoms with Gasteiger partial charge in [0.15, 0.2) is 5.78 Å². The minimum atomic E-state index is 0.0113. The maximum absolute atomic E-state index is 11.7. The molecule has 1 saturated heterocycles. The first kappa shape index (κ1) is 10.2. The lowest BCUT2D eigenvalue weighted by molar-refractivity contribution is 0.0939. The van der Waals surface area contributed by atoms with Gasteiger partial charge in [-0.25, -0.2) is 4.98 Å². The Morgan fingerprint density at radius 1 is 1.60 bits per heavy atom. The van der Waals surface area contributed by atoms with Crippen molar-refractivity contribution in [2.24, 2.45) is 5.73 Å². The van der Waals surface area contributed by atoms with Crippen LogP contribution in [0.5, 0.6) is 0 Å². The summed E-state index contributed by atoms with van der Waals surface area (Å²) in [6.45, 7) is 2.09. The molecule has 0 saturated carbocycles. The van der Waals surface area contributed by atoms with Crippen molar-refractivity contribution in [1.29, 1.82) is 0 Å². The van der Waals surface area contributed by atoms with Gasteiger partial charge in [0.2, 0.25) is 0 Å². The summed E-state index contributed by atoms with van der Waals surface area (Å²) in [5, 5.41) is 0. The molecule has 0 aliphatic carbocycles. The van der Waals surface area contributed by atoms with E-state index in [1.165, 1.54) is 12.4 Å². The molecule has 2 rings (SSSR count). The SMILES string of the molecule is NC1CCN(CC(=O)c2cnccn2)C1. The second-order valence-electron chi connectivity index (χ2n) is 3.80. The van der Waals surface area contributed by atoms with Crippen molar-refractivity contribution in [2.45, 2.75) is 12.5 Å². The largest absolute Gasteiger partial charge is 0.326 e. The molecule has 0 aromatic carbocycles. The van der Waals surface area contributed by atoms with Crippen molar-refractivity contribution in [3.8, 4) is 0 Å². The number of likely N-dealkylation sites (tertiary alicyclic amines) is 1. The van der Waals surface area contributed by atoms with Gasteiger partial charge in [0.05, 0.1) is 12.7 Å². The monoisotopic (exact) mass is 206 g/mol. The number of carbonyl (C=O) groups excluding carboxylic acids is 1. The number of ketones is 1. The van der Waals surface area contributed by atoms with Crippen LogP contribution in [0.2, 0.25) is 0 Å². The molecule has 0 radical (unpaired) electrons. The summed E-state index contributed by atoms with van der Waals surface area (Å²) < 4.78 is 0. The molecule has 0 amide bonds. The number of hydrogen-bond donors (Lipinski definition) is 1. The summed E-state index contributed by atoms with van der Waals surface area (Å²) in [7, 11) is 0. The van der Waals surface area contributed by atoms with Gasteiger partial charge in [-0.2, -0.15) is 0 Å². The fourth-order valence-corrected chi connectivity index (χ4v) is 1.73. The van der Waals surface area contributed by atoms with Gasteiger partial charge in [0.25, 0.3) is 0 Å². The van der Waals surface area contributed by atoms with E-state index in [0.29, 0.717) is 12.2 Å². The quantitative estimate of drug-likeness (QED) is 0.687. The van der Waals surface area contributed by atoms with Crippen molar-refractivity contribution < 1.29 is 4.79 Å². The maximum atomic E-state index is 11.7. The minimum Gasteiger partial charge on any atom is -0.326 e. The third-order valence-corrected chi connectivity index (χ3v) is 2.52. The first-order chi connectivity index (χ1) is 7.25. The summed E-state index contributed by atoms with van der Waals surface area (Å²) >= 11 is 0. The van der Waals surface area contributed by atoms with Crippen LogP contribution in [0.15, 0.2) is 18.6 Å². The van der Waals surface area contributed by atoms with Crippen molar-refractivity contribution in [3.63, 3.8) is 0 Å². The zero-order valence-corrected chi connectivity index (χ0v) is 8.47. The Hall–Kier alpha value is -1.33. The molecule has 1 aliphatic heterocycles. The number of Topliss-reactive ketones (excluding diaryl/α,β-unsaturated/α-hetero) is 1. The molecule has 1 atom stereocenters. The standard InChI is InChI=1S/C10H14N4O/c11-8-1-4-14(6-8)7-10(15)9-5-12-2-3-13-9/h2-3,5,8H,1,4,6-7,11H2. The van der Waals surface area contributed by atoms with E-state index in [4.69, 9.17) is 5.73 Å². The fraction of sp³-hybridized carbons (Fsp3) is 0.500. The Labute approximate surface area is 88.3 Å². The van der Waals surface area contributed by atoms with Gasteiger partial charge in [-0.15, -0.1) is 0 Å². The Bertz CT molecular complexity index is 341. The van der Waals surface area contributed by atoms with E-state index >= 15 is 0 Å². The van der Waals surface area contributed by atoms with E-state index in [1.807, 2.05) is 0 Å². The topological polar surface area (TPSA) is 72.1 Å². The van der Waals surface area contributed by atoms with Gasteiger partial charge < -0.3 is 5.73 Å². The highest BCUT2D eigenvalue weighted by molar-refractivity contribution is 5.95. The molecule has 1 fully saturated rings. The van der Waals surface area contributed by atoms with Crippen LogP contribution in [0.25, 0.3) is 0 Å². The summed E-state index contributed by atoms with van der Waals surface area (Å²) in [5.41, 5.74) is 6.19. The van der Waals surface area contributed by atoms with E-state index in [-0.39, 0.29) is 11.8 Å². The predicted octanol–water partition coefficient (Wildman–Crippen LogP) is -0.308. The van der Waals surface area contributed by atoms with E-state index in [2.05, 4.69) is 14.9 Å². The van der Waals surface area contributed by atoms with E-state index in [1.54, 1.807) is 6.20 Å². The average Bonchev–Trinajstić information content (AvgIpc) is 2.65. The Morgan fingerprint density at radius 2 is 2.47 bits per heavy atom. The zero-order chi connectivity index (χ0) is 10.7. The van der Waals surface area contributed by atoms with Crippen LogP contribution in [-0.2, 0) is 0 Å². The Kier molecular flexibility index (Phi) is 3.03. The number of aromatic nitrogens is 2. The molecule has 5 heteroatoms. The van der Waals surface area contributed by atoms with Crippen LogP contribution in [0, 0.1) is 0 Å². The molecule has 1 unspecified atom stereocenters. The number of rotatable bonds is 3. The van der Waals surface area contributed by atoms with Gasteiger partial charge in [-0.05, 0) is 6.42 Å². The lowest BCUT2D eigenvalue weighted by atomic mass is 10.3. The van der Waals surface area contributed by atoms with E-state index < -0.39 is 0 Å². The second kappa shape index (κ2) is 4.46. The van der Waals surface area contributed by atoms with Crippen molar-refractivity contribution in [3.05, 3.63) is 24.3 Å². The smallest absolute Gasteiger partial charge is 0.196 e. The molecule has 80 valence electrons. The summed E-state index contributed by atoms with van der Waals surface area (Å²) in [6, 6.07) is 0.208. The highest BCUT2D eigenvalue weighted by atomic mass is 16.1. The molecular weight excluding hydrogens is 192 g/mol. The Balaban J connectivity index is 1.93. The summed E-state index contributed by atoms with van der Waals surface area (Å²) in [5.74, 6) is 0.0113. The molecule has 1 aromatic rings. The van der Waals surface area contributed by atoms with Gasteiger partial charge >= 0.3 is 0 Å².